The summed E-state index contributed by atoms with van der Waals surface area (Å²) < 4.78 is 7.81. The highest BCUT2D eigenvalue weighted by Gasteiger charge is 2.16. The van der Waals surface area contributed by atoms with E-state index in [1.807, 2.05) is 53.3 Å². The Morgan fingerprint density at radius 2 is 2.08 bits per heavy atom. The van der Waals surface area contributed by atoms with Gasteiger partial charge in [-0.3, -0.25) is 4.79 Å². The van der Waals surface area contributed by atoms with Crippen LogP contribution in [0.5, 0.6) is 0 Å². The van der Waals surface area contributed by atoms with Gasteiger partial charge in [-0.15, -0.1) is 0 Å². The minimum atomic E-state index is -0.811. The van der Waals surface area contributed by atoms with Crippen molar-refractivity contribution in [3.8, 4) is 34.7 Å². The Balaban J connectivity index is 1.35. The molecule has 1 aliphatic carbocycles. The molecule has 2 N–H and O–H groups in total. The van der Waals surface area contributed by atoms with Gasteiger partial charge in [-0.2, -0.15) is 0 Å². The van der Waals surface area contributed by atoms with Crippen LogP contribution in [0.25, 0.3) is 33.9 Å². The van der Waals surface area contributed by atoms with Crippen molar-refractivity contribution in [3.05, 3.63) is 82.0 Å². The summed E-state index contributed by atoms with van der Waals surface area (Å²) in [6.45, 7) is 3.17. The monoisotopic (exact) mass is 560 g/mol. The summed E-state index contributed by atoms with van der Waals surface area (Å²) in [5.41, 5.74) is 4.96. The Morgan fingerprint density at radius 1 is 1.21 bits per heavy atom. The van der Waals surface area contributed by atoms with Crippen molar-refractivity contribution >= 4 is 40.2 Å². The number of hydrogen-bond acceptors (Lipinski definition) is 4. The van der Waals surface area contributed by atoms with E-state index in [9.17, 15) is 4.79 Å². The number of fused-ring (bicyclic) bond motifs is 1. The summed E-state index contributed by atoms with van der Waals surface area (Å²) >= 11 is 12.5. The summed E-state index contributed by atoms with van der Waals surface area (Å²) in [6, 6.07) is 11.2. The lowest BCUT2D eigenvalue weighted by Gasteiger charge is -2.15. The maximum Gasteiger partial charge on any atom is 0.303 e. The number of aromatic nitrogens is 4. The van der Waals surface area contributed by atoms with E-state index in [0.717, 1.165) is 39.8 Å². The highest BCUT2D eigenvalue weighted by atomic mass is 35.5. The predicted octanol–water partition coefficient (Wildman–Crippen LogP) is 6.91. The Bertz CT molecular complexity index is 1660. The molecule has 0 saturated carbocycles. The first-order valence-corrected chi connectivity index (χ1v) is 13.4. The third-order valence-electron chi connectivity index (χ3n) is 6.27. The largest absolute Gasteiger partial charge is 0.481 e. The lowest BCUT2D eigenvalue weighted by molar-refractivity contribution is -0.137. The zero-order valence-electron chi connectivity index (χ0n) is 21.2. The number of imidazole rings is 2. The molecule has 2 heterocycles. The topological polar surface area (TPSA) is 93.0 Å². The van der Waals surface area contributed by atoms with Gasteiger partial charge in [0.25, 0.3) is 0 Å². The van der Waals surface area contributed by atoms with E-state index >= 15 is 0 Å². The van der Waals surface area contributed by atoms with Gasteiger partial charge in [0.05, 0.1) is 27.9 Å². The van der Waals surface area contributed by atoms with Gasteiger partial charge in [0.15, 0.2) is 11.6 Å². The molecule has 39 heavy (non-hydrogen) atoms. The van der Waals surface area contributed by atoms with Crippen LogP contribution in [0, 0.1) is 11.8 Å². The molecule has 9 heteroatoms. The smallest absolute Gasteiger partial charge is 0.303 e. The average molecular weight is 561 g/mol. The number of nitrogens with one attached hydrogen (secondary N) is 1. The number of halogens is 2. The van der Waals surface area contributed by atoms with Crippen LogP contribution in [-0.2, 0) is 16.1 Å². The van der Waals surface area contributed by atoms with E-state index in [4.69, 9.17) is 43.0 Å². The lowest BCUT2D eigenvalue weighted by atomic mass is 10.0. The quantitative estimate of drug-likeness (QED) is 0.180. The molecule has 1 unspecified atom stereocenters. The zero-order valence-corrected chi connectivity index (χ0v) is 22.8. The van der Waals surface area contributed by atoms with Crippen LogP contribution in [0.1, 0.15) is 31.7 Å². The first kappa shape index (κ1) is 26.8. The molecule has 2 aromatic heterocycles. The number of H-pyrrole nitrogens is 1. The Labute approximate surface area is 236 Å². The molecule has 4 aromatic rings. The average Bonchev–Trinajstić information content (AvgIpc) is 3.54. The minimum Gasteiger partial charge on any atom is -0.481 e. The number of carboxylic acid groups (broad SMARTS) is 1. The molecular formula is C30H26Cl2N4O3. The number of rotatable bonds is 8. The van der Waals surface area contributed by atoms with E-state index in [1.54, 1.807) is 12.1 Å². The van der Waals surface area contributed by atoms with Crippen LogP contribution >= 0.6 is 23.2 Å². The van der Waals surface area contributed by atoms with E-state index in [0.29, 0.717) is 41.3 Å². The number of hydrogen-bond donors (Lipinski definition) is 2. The van der Waals surface area contributed by atoms with Gasteiger partial charge in [-0.05, 0) is 62.2 Å². The summed E-state index contributed by atoms with van der Waals surface area (Å²) in [5.74, 6) is 6.99. The van der Waals surface area contributed by atoms with Crippen LogP contribution in [0.2, 0.25) is 10.0 Å². The second-order valence-corrected chi connectivity index (χ2v) is 9.94. The Morgan fingerprint density at radius 3 is 2.87 bits per heavy atom. The SMILES string of the molecule is CCn1cc(-c2ccc(Cl)cc2Cl)nc1-c1nc2ccc(C#CC3=CC(OCCCC(=O)O)CC=C3)cc2[nH]1. The molecule has 198 valence electrons. The molecule has 5 rings (SSSR count). The van der Waals surface area contributed by atoms with Crippen molar-refractivity contribution in [3.63, 3.8) is 0 Å². The fourth-order valence-corrected chi connectivity index (χ4v) is 4.83. The summed E-state index contributed by atoms with van der Waals surface area (Å²) in [7, 11) is 0. The standard InChI is InChI=1S/C30H26Cl2N4O3/c1-2-36-18-27(23-12-11-21(31)17-24(23)32)35-30(36)29-33-25-13-10-20(16-26(25)34-29)9-8-19-5-3-6-22(15-19)39-14-4-7-28(37)38/h3,5,10-13,15-18,22H,2,4,6-7,14H2,1H3,(H,33,34)(H,37,38). The van der Waals surface area contributed by atoms with Crippen LogP contribution in [-0.4, -0.2) is 43.3 Å². The molecule has 0 radical (unpaired) electrons. The molecule has 1 atom stereocenters. The number of carboxylic acids is 1. The summed E-state index contributed by atoms with van der Waals surface area (Å²) in [5, 5.41) is 9.88. The molecule has 0 bridgehead atoms. The number of carbonyl (C=O) groups is 1. The Kier molecular flexibility index (Phi) is 8.18. The van der Waals surface area contributed by atoms with Crippen molar-refractivity contribution in [2.45, 2.75) is 38.8 Å². The van der Waals surface area contributed by atoms with Crippen molar-refractivity contribution in [1.82, 2.24) is 19.5 Å². The van der Waals surface area contributed by atoms with E-state index < -0.39 is 5.97 Å². The molecule has 1 aliphatic rings. The molecular weight excluding hydrogens is 535 g/mol. The van der Waals surface area contributed by atoms with Crippen molar-refractivity contribution < 1.29 is 14.6 Å². The number of aromatic amines is 1. The fraction of sp³-hybridized carbons (Fsp3) is 0.233. The molecule has 0 fully saturated rings. The highest BCUT2D eigenvalue weighted by Crippen LogP contribution is 2.32. The molecule has 0 spiro atoms. The van der Waals surface area contributed by atoms with Gasteiger partial charge >= 0.3 is 5.97 Å². The van der Waals surface area contributed by atoms with E-state index in [1.165, 1.54) is 0 Å². The third kappa shape index (κ3) is 6.43. The van der Waals surface area contributed by atoms with E-state index in [-0.39, 0.29) is 12.5 Å². The number of aryl methyl sites for hydroxylation is 1. The van der Waals surface area contributed by atoms with E-state index in [2.05, 4.69) is 23.7 Å². The van der Waals surface area contributed by atoms with Crippen LogP contribution in [0.4, 0.5) is 0 Å². The van der Waals surface area contributed by atoms with Gasteiger partial charge in [0.1, 0.15) is 0 Å². The first-order chi connectivity index (χ1) is 18.9. The second kappa shape index (κ2) is 11.9. The number of benzene rings is 2. The van der Waals surface area contributed by atoms with Crippen molar-refractivity contribution in [2.24, 2.45) is 0 Å². The van der Waals surface area contributed by atoms with Gasteiger partial charge in [-0.25, -0.2) is 9.97 Å². The van der Waals surface area contributed by atoms with Crippen LogP contribution in [0.15, 0.2) is 66.4 Å². The Hall–Kier alpha value is -3.83. The number of ether oxygens (including phenoxy) is 1. The van der Waals surface area contributed by atoms with Crippen LogP contribution < -0.4 is 0 Å². The van der Waals surface area contributed by atoms with Crippen molar-refractivity contribution in [1.29, 1.82) is 0 Å². The predicted molar refractivity (Wildman–Crippen MR) is 154 cm³/mol. The molecule has 0 aliphatic heterocycles. The highest BCUT2D eigenvalue weighted by molar-refractivity contribution is 6.36. The maximum absolute atomic E-state index is 10.7. The molecule has 0 saturated heterocycles. The van der Waals surface area contributed by atoms with Crippen molar-refractivity contribution in [2.75, 3.05) is 6.61 Å². The third-order valence-corrected chi connectivity index (χ3v) is 6.82. The van der Waals surface area contributed by atoms with Gasteiger partial charge in [0.2, 0.25) is 0 Å². The molecule has 7 nitrogen and oxygen atoms in total. The first-order valence-electron chi connectivity index (χ1n) is 12.7. The summed E-state index contributed by atoms with van der Waals surface area (Å²) in [6.07, 6.45) is 9.20. The van der Waals surface area contributed by atoms with Gasteiger partial charge in [-0.1, -0.05) is 47.2 Å². The number of nitrogens with zero attached hydrogens (tertiary/aromatic N) is 3. The van der Waals surface area contributed by atoms with Gasteiger partial charge in [0, 0.05) is 47.5 Å². The van der Waals surface area contributed by atoms with Gasteiger partial charge < -0.3 is 19.4 Å². The number of allylic oxidation sites excluding steroid dienone is 2. The lowest BCUT2D eigenvalue weighted by Crippen LogP contribution is -2.13. The summed E-state index contributed by atoms with van der Waals surface area (Å²) in [4.78, 5) is 23.6. The van der Waals surface area contributed by atoms with Crippen LogP contribution in [0.3, 0.4) is 0 Å². The normalized spacial score (nSPS) is 14.7. The minimum absolute atomic E-state index is 0.0966. The molecule has 0 amide bonds. The fourth-order valence-electron chi connectivity index (χ4n) is 4.32. The second-order valence-electron chi connectivity index (χ2n) is 9.09. The zero-order chi connectivity index (χ0) is 27.4. The molecule has 2 aromatic carbocycles. The maximum atomic E-state index is 10.7. The number of aliphatic carboxylic acids is 1.